The van der Waals surface area contributed by atoms with Gasteiger partial charge in [-0.05, 0) is 39.8 Å². The van der Waals surface area contributed by atoms with Gasteiger partial charge in [-0.25, -0.2) is 0 Å². The van der Waals surface area contributed by atoms with Crippen molar-refractivity contribution in [1.29, 1.82) is 0 Å². The van der Waals surface area contributed by atoms with Crippen LogP contribution in [0.5, 0.6) is 0 Å². The lowest BCUT2D eigenvalue weighted by atomic mass is 10.1. The van der Waals surface area contributed by atoms with Crippen LogP contribution in [0.25, 0.3) is 0 Å². The van der Waals surface area contributed by atoms with Gasteiger partial charge in [-0.15, -0.1) is 6.58 Å². The monoisotopic (exact) mass is 240 g/mol. The van der Waals surface area contributed by atoms with Crippen molar-refractivity contribution >= 4 is 0 Å². The Balaban J connectivity index is 3.39. The van der Waals surface area contributed by atoms with Crippen molar-refractivity contribution in [3.05, 3.63) is 12.7 Å². The first kappa shape index (κ1) is 16.7. The molecule has 2 nitrogen and oxygen atoms in total. The summed E-state index contributed by atoms with van der Waals surface area (Å²) >= 11 is 0. The lowest BCUT2D eigenvalue weighted by molar-refractivity contribution is 0.240. The van der Waals surface area contributed by atoms with Crippen LogP contribution in [0.4, 0.5) is 0 Å². The van der Waals surface area contributed by atoms with Crippen LogP contribution < -0.4 is 5.32 Å². The van der Waals surface area contributed by atoms with E-state index in [-0.39, 0.29) is 0 Å². The molecule has 0 unspecified atom stereocenters. The number of nitrogens with one attached hydrogen (secondary N) is 1. The minimum absolute atomic E-state index is 0.624. The molecule has 0 aromatic rings. The zero-order valence-electron chi connectivity index (χ0n) is 12.3. The van der Waals surface area contributed by atoms with Gasteiger partial charge in [-0.1, -0.05) is 32.8 Å². The second kappa shape index (κ2) is 10.8. The molecule has 0 aliphatic heterocycles. The zero-order valence-corrected chi connectivity index (χ0v) is 12.3. The van der Waals surface area contributed by atoms with E-state index in [4.69, 9.17) is 0 Å². The zero-order chi connectivity index (χ0) is 13.1. The molecule has 0 atom stereocenters. The molecule has 17 heavy (non-hydrogen) atoms. The summed E-state index contributed by atoms with van der Waals surface area (Å²) in [5.41, 5.74) is 0. The normalized spacial score (nSPS) is 11.7. The topological polar surface area (TPSA) is 15.3 Å². The molecule has 0 spiro atoms. The van der Waals surface area contributed by atoms with E-state index in [9.17, 15) is 0 Å². The molecule has 0 aromatic heterocycles. The van der Waals surface area contributed by atoms with Gasteiger partial charge in [0.25, 0.3) is 0 Å². The Bertz CT molecular complexity index is 176. The van der Waals surface area contributed by atoms with E-state index in [1.54, 1.807) is 0 Å². The lowest BCUT2D eigenvalue weighted by Crippen LogP contribution is -2.31. The minimum atomic E-state index is 0.624. The number of hydrogen-bond donors (Lipinski definition) is 1. The average molecular weight is 240 g/mol. The number of rotatable bonds is 11. The number of nitrogens with zero attached hydrogens (tertiary/aromatic N) is 1. The summed E-state index contributed by atoms with van der Waals surface area (Å²) in [5, 5.41) is 3.46. The summed E-state index contributed by atoms with van der Waals surface area (Å²) in [6, 6.07) is 1.26. The predicted octanol–water partition coefficient (Wildman–Crippen LogP) is 3.44. The van der Waals surface area contributed by atoms with Gasteiger partial charge < -0.3 is 5.32 Å². The molecule has 0 amide bonds. The molecule has 0 saturated carbocycles. The molecule has 0 aliphatic carbocycles. The highest BCUT2D eigenvalue weighted by atomic mass is 15.1. The molecule has 0 bridgehead atoms. The van der Waals surface area contributed by atoms with Crippen LogP contribution in [0.2, 0.25) is 0 Å². The summed E-state index contributed by atoms with van der Waals surface area (Å²) in [7, 11) is 0. The van der Waals surface area contributed by atoms with Crippen molar-refractivity contribution in [3.8, 4) is 0 Å². The van der Waals surface area contributed by atoms with Crippen molar-refractivity contribution in [1.82, 2.24) is 10.2 Å². The summed E-state index contributed by atoms with van der Waals surface area (Å²) in [5.74, 6) is 0. The molecule has 0 aromatic carbocycles. The van der Waals surface area contributed by atoms with E-state index in [0.717, 1.165) is 13.1 Å². The minimum Gasteiger partial charge on any atom is -0.315 e. The average Bonchev–Trinajstić information content (AvgIpc) is 2.25. The molecule has 102 valence electrons. The van der Waals surface area contributed by atoms with E-state index in [2.05, 4.69) is 44.5 Å². The molecule has 0 fully saturated rings. The van der Waals surface area contributed by atoms with Crippen LogP contribution in [-0.4, -0.2) is 36.6 Å². The number of hydrogen-bond acceptors (Lipinski definition) is 2. The van der Waals surface area contributed by atoms with Crippen molar-refractivity contribution in [2.45, 2.75) is 65.5 Å². The second-order valence-corrected chi connectivity index (χ2v) is 5.40. The van der Waals surface area contributed by atoms with Gasteiger partial charge in [-0.2, -0.15) is 0 Å². The van der Waals surface area contributed by atoms with E-state index >= 15 is 0 Å². The highest BCUT2D eigenvalue weighted by molar-refractivity contribution is 4.75. The van der Waals surface area contributed by atoms with E-state index in [0.29, 0.717) is 12.1 Å². The first-order valence-corrected chi connectivity index (χ1v) is 7.16. The van der Waals surface area contributed by atoms with E-state index < -0.39 is 0 Å². The van der Waals surface area contributed by atoms with Crippen molar-refractivity contribution < 1.29 is 0 Å². The van der Waals surface area contributed by atoms with Crippen LogP contribution in [0, 0.1) is 0 Å². The summed E-state index contributed by atoms with van der Waals surface area (Å²) < 4.78 is 0. The third-order valence-corrected chi connectivity index (χ3v) is 3.02. The molecule has 2 heteroatoms. The maximum absolute atomic E-state index is 3.82. The first-order chi connectivity index (χ1) is 8.07. The SMILES string of the molecule is C=CCN(CCCCCCNC(C)C)C(C)C. The molecule has 0 saturated heterocycles. The van der Waals surface area contributed by atoms with Gasteiger partial charge in [0.15, 0.2) is 0 Å². The van der Waals surface area contributed by atoms with Crippen LogP contribution in [0.15, 0.2) is 12.7 Å². The summed E-state index contributed by atoms with van der Waals surface area (Å²) in [6.45, 7) is 16.1. The van der Waals surface area contributed by atoms with Crippen LogP contribution >= 0.6 is 0 Å². The van der Waals surface area contributed by atoms with E-state index in [1.165, 1.54) is 32.2 Å². The van der Waals surface area contributed by atoms with Crippen molar-refractivity contribution in [2.24, 2.45) is 0 Å². The summed E-state index contributed by atoms with van der Waals surface area (Å²) in [4.78, 5) is 2.49. The Kier molecular flexibility index (Phi) is 10.6. The molecule has 0 aliphatic rings. The van der Waals surface area contributed by atoms with Gasteiger partial charge >= 0.3 is 0 Å². The predicted molar refractivity (Wildman–Crippen MR) is 78.5 cm³/mol. The smallest absolute Gasteiger partial charge is 0.0163 e. The fourth-order valence-corrected chi connectivity index (χ4v) is 1.91. The highest BCUT2D eigenvalue weighted by Crippen LogP contribution is 2.04. The summed E-state index contributed by atoms with van der Waals surface area (Å²) in [6.07, 6.45) is 7.32. The second-order valence-electron chi connectivity index (χ2n) is 5.40. The van der Waals surface area contributed by atoms with Crippen LogP contribution in [-0.2, 0) is 0 Å². The van der Waals surface area contributed by atoms with Gasteiger partial charge in [0, 0.05) is 18.6 Å². The van der Waals surface area contributed by atoms with Gasteiger partial charge in [0.2, 0.25) is 0 Å². The lowest BCUT2D eigenvalue weighted by Gasteiger charge is -2.24. The Morgan fingerprint density at radius 2 is 1.71 bits per heavy atom. The fourth-order valence-electron chi connectivity index (χ4n) is 1.91. The Labute approximate surface area is 108 Å². The van der Waals surface area contributed by atoms with Gasteiger partial charge in [-0.3, -0.25) is 4.90 Å². The van der Waals surface area contributed by atoms with Gasteiger partial charge in [0.1, 0.15) is 0 Å². The molecule has 0 rings (SSSR count). The number of unbranched alkanes of at least 4 members (excludes halogenated alkanes) is 3. The Morgan fingerprint density at radius 1 is 1.06 bits per heavy atom. The largest absolute Gasteiger partial charge is 0.315 e. The first-order valence-electron chi connectivity index (χ1n) is 7.16. The molecular formula is C15H32N2. The van der Waals surface area contributed by atoms with Crippen LogP contribution in [0.1, 0.15) is 53.4 Å². The Hall–Kier alpha value is -0.340. The molecule has 1 N–H and O–H groups in total. The standard InChI is InChI=1S/C15H32N2/c1-6-12-17(15(4)5)13-10-8-7-9-11-16-14(2)3/h6,14-16H,1,7-13H2,2-5H3. The highest BCUT2D eigenvalue weighted by Gasteiger charge is 2.06. The maximum Gasteiger partial charge on any atom is 0.0163 e. The van der Waals surface area contributed by atoms with Crippen molar-refractivity contribution in [2.75, 3.05) is 19.6 Å². The third kappa shape index (κ3) is 10.5. The molecule has 0 radical (unpaired) electrons. The maximum atomic E-state index is 3.82. The van der Waals surface area contributed by atoms with Gasteiger partial charge in [0.05, 0.1) is 0 Å². The van der Waals surface area contributed by atoms with Crippen LogP contribution in [0.3, 0.4) is 0 Å². The molecule has 0 heterocycles. The fraction of sp³-hybridized carbons (Fsp3) is 0.867. The van der Waals surface area contributed by atoms with Crippen molar-refractivity contribution in [3.63, 3.8) is 0 Å². The van der Waals surface area contributed by atoms with E-state index in [1.807, 2.05) is 6.08 Å². The molecular weight excluding hydrogens is 208 g/mol. The quantitative estimate of drug-likeness (QED) is 0.439. The third-order valence-electron chi connectivity index (χ3n) is 3.02. The Morgan fingerprint density at radius 3 is 2.24 bits per heavy atom.